The average molecular weight is 376 g/mol. The summed E-state index contributed by atoms with van der Waals surface area (Å²) >= 11 is 0. The number of aromatic nitrogens is 2. The first-order valence-corrected chi connectivity index (χ1v) is 9.52. The molecule has 7 heteroatoms. The summed E-state index contributed by atoms with van der Waals surface area (Å²) < 4.78 is 0. The first kappa shape index (κ1) is 16.8. The summed E-state index contributed by atoms with van der Waals surface area (Å²) in [6.45, 7) is 0.382. The van der Waals surface area contributed by atoms with Gasteiger partial charge in [0.1, 0.15) is 0 Å². The molecule has 1 fully saturated rings. The molecular weight excluding hydrogens is 356 g/mol. The zero-order valence-corrected chi connectivity index (χ0v) is 15.2. The van der Waals surface area contributed by atoms with Crippen LogP contribution in [-0.4, -0.2) is 28.3 Å². The number of carbonyl (C=O) groups excluding carboxylic acids is 2. The molecule has 2 aliphatic rings. The molecule has 2 amide bonds. The van der Waals surface area contributed by atoms with Crippen LogP contribution in [0.4, 0.5) is 11.4 Å². The van der Waals surface area contributed by atoms with Gasteiger partial charge in [-0.25, -0.2) is 4.79 Å². The first-order valence-electron chi connectivity index (χ1n) is 9.52. The lowest BCUT2D eigenvalue weighted by Gasteiger charge is -2.18. The molecule has 7 nitrogen and oxygen atoms in total. The Labute approximate surface area is 160 Å². The number of benzene rings is 2. The number of nitrogens with one attached hydrogen (secondary N) is 3. The third kappa shape index (κ3) is 2.89. The molecule has 0 spiro atoms. The summed E-state index contributed by atoms with van der Waals surface area (Å²) in [4.78, 5) is 43.6. The smallest absolute Gasteiger partial charge is 0.323 e. The molecule has 2 heterocycles. The molecule has 1 atom stereocenters. The lowest BCUT2D eigenvalue weighted by Crippen LogP contribution is -2.28. The second-order valence-corrected chi connectivity index (χ2v) is 7.54. The summed E-state index contributed by atoms with van der Waals surface area (Å²) in [6, 6.07) is 11.4. The number of carbonyl (C=O) groups is 2. The maximum absolute atomic E-state index is 12.7. The van der Waals surface area contributed by atoms with Crippen molar-refractivity contribution in [1.29, 1.82) is 0 Å². The first-order chi connectivity index (χ1) is 13.6. The van der Waals surface area contributed by atoms with Crippen molar-refractivity contribution in [2.24, 2.45) is 5.92 Å². The van der Waals surface area contributed by atoms with E-state index in [2.05, 4.69) is 27.4 Å². The van der Waals surface area contributed by atoms with Crippen LogP contribution in [0.2, 0.25) is 0 Å². The fraction of sp³-hybridized carbons (Fsp3) is 0.286. The maximum atomic E-state index is 12.7. The van der Waals surface area contributed by atoms with Crippen molar-refractivity contribution in [1.82, 2.24) is 9.97 Å². The van der Waals surface area contributed by atoms with Crippen LogP contribution in [0.1, 0.15) is 24.0 Å². The van der Waals surface area contributed by atoms with Gasteiger partial charge in [0.2, 0.25) is 11.8 Å². The molecule has 0 bridgehead atoms. The fourth-order valence-corrected chi connectivity index (χ4v) is 4.21. The molecule has 1 aliphatic carbocycles. The van der Waals surface area contributed by atoms with Crippen LogP contribution in [0.15, 0.2) is 41.2 Å². The van der Waals surface area contributed by atoms with Crippen LogP contribution >= 0.6 is 0 Å². The lowest BCUT2D eigenvalue weighted by molar-refractivity contribution is -0.122. The lowest BCUT2D eigenvalue weighted by atomic mass is 10.1. The topological polar surface area (TPSA) is 98.1 Å². The zero-order chi connectivity index (χ0) is 19.3. The van der Waals surface area contributed by atoms with E-state index in [1.54, 1.807) is 23.1 Å². The van der Waals surface area contributed by atoms with Crippen LogP contribution in [0.5, 0.6) is 0 Å². The second-order valence-electron chi connectivity index (χ2n) is 7.54. The maximum Gasteiger partial charge on any atom is 0.323 e. The van der Waals surface area contributed by atoms with Gasteiger partial charge in [0, 0.05) is 24.3 Å². The molecule has 1 aromatic heterocycles. The molecular formula is C21H20N4O3. The number of aromatic amines is 2. The normalized spacial score (nSPS) is 18.6. The third-order valence-electron chi connectivity index (χ3n) is 5.67. The highest BCUT2D eigenvalue weighted by molar-refractivity contribution is 6.04. The number of hydrogen-bond acceptors (Lipinski definition) is 3. The molecule has 1 aliphatic heterocycles. The average Bonchev–Trinajstić information content (AvgIpc) is 3.37. The van der Waals surface area contributed by atoms with Crippen LogP contribution in [0.25, 0.3) is 11.0 Å². The van der Waals surface area contributed by atoms with Gasteiger partial charge in [-0.1, -0.05) is 6.07 Å². The summed E-state index contributed by atoms with van der Waals surface area (Å²) in [6.07, 6.45) is 3.52. The van der Waals surface area contributed by atoms with Crippen molar-refractivity contribution < 1.29 is 9.59 Å². The number of H-pyrrole nitrogens is 2. The van der Waals surface area contributed by atoms with Crippen molar-refractivity contribution in [2.75, 3.05) is 16.8 Å². The zero-order valence-electron chi connectivity index (χ0n) is 15.2. The predicted octanol–water partition coefficient (Wildman–Crippen LogP) is 2.34. The monoisotopic (exact) mass is 376 g/mol. The van der Waals surface area contributed by atoms with Crippen molar-refractivity contribution in [3.63, 3.8) is 0 Å². The number of aryl methyl sites for hydroxylation is 2. The Morgan fingerprint density at radius 1 is 1.00 bits per heavy atom. The quantitative estimate of drug-likeness (QED) is 0.654. The minimum atomic E-state index is -0.401. The van der Waals surface area contributed by atoms with Crippen LogP contribution in [-0.2, 0) is 22.4 Å². The van der Waals surface area contributed by atoms with E-state index in [4.69, 9.17) is 0 Å². The van der Waals surface area contributed by atoms with Crippen molar-refractivity contribution >= 4 is 34.2 Å². The third-order valence-corrected chi connectivity index (χ3v) is 5.67. The number of nitrogens with zero attached hydrogens (tertiary/aromatic N) is 1. The van der Waals surface area contributed by atoms with Gasteiger partial charge < -0.3 is 20.2 Å². The summed E-state index contributed by atoms with van der Waals surface area (Å²) in [7, 11) is 0. The highest BCUT2D eigenvalue weighted by atomic mass is 16.2. The van der Waals surface area contributed by atoms with E-state index >= 15 is 0 Å². The van der Waals surface area contributed by atoms with Crippen molar-refractivity contribution in [3.8, 4) is 0 Å². The second kappa shape index (κ2) is 6.37. The van der Waals surface area contributed by atoms with Crippen molar-refractivity contribution in [2.45, 2.75) is 25.7 Å². The Morgan fingerprint density at radius 2 is 1.82 bits per heavy atom. The van der Waals surface area contributed by atoms with E-state index < -0.39 is 5.92 Å². The minimum absolute atomic E-state index is 0.0245. The molecule has 5 rings (SSSR count). The number of fused-ring (bicyclic) bond motifs is 2. The number of imidazole rings is 1. The van der Waals surface area contributed by atoms with E-state index in [1.165, 1.54) is 11.1 Å². The van der Waals surface area contributed by atoms with Crippen LogP contribution in [0, 0.1) is 5.92 Å². The van der Waals surface area contributed by atoms with Gasteiger partial charge >= 0.3 is 5.69 Å². The molecule has 0 saturated carbocycles. The number of amides is 2. The van der Waals surface area contributed by atoms with Gasteiger partial charge in [0.05, 0.1) is 17.0 Å². The van der Waals surface area contributed by atoms with Crippen molar-refractivity contribution in [3.05, 3.63) is 58.0 Å². The summed E-state index contributed by atoms with van der Waals surface area (Å²) in [5.74, 6) is -0.612. The molecule has 3 aromatic rings. The predicted molar refractivity (Wildman–Crippen MR) is 106 cm³/mol. The summed E-state index contributed by atoms with van der Waals surface area (Å²) in [5.41, 5.74) is 5.18. The van der Waals surface area contributed by atoms with E-state index in [-0.39, 0.29) is 23.9 Å². The SMILES string of the molecule is O=C(Nc1ccc2[nH]c(=O)[nH]c2c1)C1CC(=O)N(c2ccc3c(c2)CCC3)C1. The molecule has 2 aromatic carbocycles. The van der Waals surface area contributed by atoms with Crippen LogP contribution in [0.3, 0.4) is 0 Å². The van der Waals surface area contributed by atoms with E-state index in [1.807, 2.05) is 6.07 Å². The van der Waals surface area contributed by atoms with E-state index in [9.17, 15) is 14.4 Å². The molecule has 142 valence electrons. The Balaban J connectivity index is 1.31. The number of anilines is 2. The van der Waals surface area contributed by atoms with Gasteiger partial charge in [-0.15, -0.1) is 0 Å². The fourth-order valence-electron chi connectivity index (χ4n) is 4.21. The number of hydrogen-bond donors (Lipinski definition) is 3. The molecule has 1 unspecified atom stereocenters. The van der Waals surface area contributed by atoms with Gasteiger partial charge in [-0.05, 0) is 60.7 Å². The van der Waals surface area contributed by atoms with Gasteiger partial charge in [-0.3, -0.25) is 9.59 Å². The van der Waals surface area contributed by atoms with Crippen LogP contribution < -0.4 is 15.9 Å². The van der Waals surface area contributed by atoms with Gasteiger partial charge in [-0.2, -0.15) is 0 Å². The minimum Gasteiger partial charge on any atom is -0.326 e. The Kier molecular flexibility index (Phi) is 3.82. The Morgan fingerprint density at radius 3 is 2.71 bits per heavy atom. The number of rotatable bonds is 3. The largest absolute Gasteiger partial charge is 0.326 e. The molecule has 1 saturated heterocycles. The van der Waals surface area contributed by atoms with Gasteiger partial charge in [0.15, 0.2) is 0 Å². The standard InChI is InChI=1S/C21H20N4O3/c26-19-9-14(11-25(19)16-6-4-12-2-1-3-13(12)8-16)20(27)22-15-5-7-17-18(10-15)24-21(28)23-17/h4-8,10,14H,1-3,9,11H2,(H,22,27)(H2,23,24,28). The Bertz CT molecular complexity index is 1160. The summed E-state index contributed by atoms with van der Waals surface area (Å²) in [5, 5.41) is 2.87. The Hall–Kier alpha value is -3.35. The highest BCUT2D eigenvalue weighted by Crippen LogP contribution is 2.31. The molecule has 0 radical (unpaired) electrons. The highest BCUT2D eigenvalue weighted by Gasteiger charge is 2.35. The van der Waals surface area contributed by atoms with E-state index in [0.717, 1.165) is 24.9 Å². The van der Waals surface area contributed by atoms with Gasteiger partial charge in [0.25, 0.3) is 0 Å². The van der Waals surface area contributed by atoms with E-state index in [0.29, 0.717) is 23.3 Å². The molecule has 3 N–H and O–H groups in total. The molecule has 28 heavy (non-hydrogen) atoms.